The third-order valence-electron chi connectivity index (χ3n) is 5.18. The maximum Gasteiger partial charge on any atom is 0.338 e. The van der Waals surface area contributed by atoms with Crippen LogP contribution in [-0.4, -0.2) is 30.4 Å². The number of nitrogens with one attached hydrogen (secondary N) is 1. The number of benzene rings is 3. The fraction of sp³-hybridized carbons (Fsp3) is 0.160. The van der Waals surface area contributed by atoms with Crippen molar-refractivity contribution in [2.75, 3.05) is 16.8 Å². The van der Waals surface area contributed by atoms with Crippen molar-refractivity contribution in [1.29, 1.82) is 0 Å². The number of para-hydroxylation sites is 1. The van der Waals surface area contributed by atoms with Gasteiger partial charge in [-0.25, -0.2) is 4.79 Å². The minimum Gasteiger partial charge on any atom is -0.462 e. The predicted molar refractivity (Wildman–Crippen MR) is 129 cm³/mol. The van der Waals surface area contributed by atoms with Crippen molar-refractivity contribution in [3.63, 3.8) is 0 Å². The van der Waals surface area contributed by atoms with Crippen molar-refractivity contribution in [3.8, 4) is 0 Å². The lowest BCUT2D eigenvalue weighted by molar-refractivity contribution is -0.117. The summed E-state index contributed by atoms with van der Waals surface area (Å²) in [5.41, 5.74) is 1.70. The van der Waals surface area contributed by atoms with E-state index in [0.717, 1.165) is 9.79 Å². The summed E-state index contributed by atoms with van der Waals surface area (Å²) in [6.07, 6.45) is 0. The normalized spacial score (nSPS) is 13.4. The highest BCUT2D eigenvalue weighted by atomic mass is 35.5. The first-order chi connectivity index (χ1) is 15.9. The standard InChI is InChI=1S/C25H21ClN2O4S/c1-3-32-25(31)16-12-13-22-20(14-16)28(24(30)17-8-4-7-11-21(17)33-22)15(2)23(29)27-19-10-6-5-9-18(19)26/h4-15H,3H2,1-2H3,(H,27,29)/t15-/m1/s1. The molecule has 0 saturated heterocycles. The quantitative estimate of drug-likeness (QED) is 0.477. The summed E-state index contributed by atoms with van der Waals surface area (Å²) in [5, 5.41) is 3.19. The first-order valence-corrected chi connectivity index (χ1v) is 11.6. The maximum atomic E-state index is 13.7. The highest BCUT2D eigenvalue weighted by Crippen LogP contribution is 2.42. The summed E-state index contributed by atoms with van der Waals surface area (Å²) in [6.45, 7) is 3.60. The maximum absolute atomic E-state index is 13.7. The third-order valence-corrected chi connectivity index (χ3v) is 6.65. The number of rotatable bonds is 5. The Morgan fingerprint density at radius 2 is 1.79 bits per heavy atom. The average Bonchev–Trinajstić information content (AvgIpc) is 2.93. The molecular formula is C25H21ClN2O4S. The monoisotopic (exact) mass is 480 g/mol. The number of nitrogens with zero attached hydrogens (tertiary/aromatic N) is 1. The summed E-state index contributed by atoms with van der Waals surface area (Å²) in [4.78, 5) is 42.2. The Morgan fingerprint density at radius 1 is 1.06 bits per heavy atom. The fourth-order valence-electron chi connectivity index (χ4n) is 3.52. The Kier molecular flexibility index (Phi) is 6.72. The van der Waals surface area contributed by atoms with Crippen LogP contribution >= 0.6 is 23.4 Å². The molecule has 2 amide bonds. The van der Waals surface area contributed by atoms with E-state index in [1.165, 1.54) is 16.7 Å². The van der Waals surface area contributed by atoms with Crippen molar-refractivity contribution in [1.82, 2.24) is 0 Å². The number of fused-ring (bicyclic) bond motifs is 2. The SMILES string of the molecule is CCOC(=O)c1ccc2c(c1)N([C@H](C)C(=O)Nc1ccccc1Cl)C(=O)c1ccccc1S2. The minimum absolute atomic E-state index is 0.232. The van der Waals surface area contributed by atoms with Crippen LogP contribution in [0.3, 0.4) is 0 Å². The Labute approximate surface area is 200 Å². The van der Waals surface area contributed by atoms with E-state index in [1.54, 1.807) is 68.4 Å². The zero-order valence-electron chi connectivity index (χ0n) is 18.0. The van der Waals surface area contributed by atoms with E-state index in [4.69, 9.17) is 16.3 Å². The molecule has 6 nitrogen and oxygen atoms in total. The van der Waals surface area contributed by atoms with E-state index in [-0.39, 0.29) is 12.5 Å². The van der Waals surface area contributed by atoms with Crippen LogP contribution in [0.25, 0.3) is 0 Å². The zero-order valence-corrected chi connectivity index (χ0v) is 19.6. The number of anilines is 2. The molecule has 1 heterocycles. The molecule has 0 bridgehead atoms. The molecule has 1 N–H and O–H groups in total. The van der Waals surface area contributed by atoms with Crippen LogP contribution in [0.5, 0.6) is 0 Å². The van der Waals surface area contributed by atoms with E-state index < -0.39 is 17.9 Å². The number of carbonyl (C=O) groups excluding carboxylic acids is 3. The smallest absolute Gasteiger partial charge is 0.338 e. The number of amides is 2. The lowest BCUT2D eigenvalue weighted by Gasteiger charge is -2.29. The lowest BCUT2D eigenvalue weighted by Crippen LogP contribution is -2.46. The molecule has 33 heavy (non-hydrogen) atoms. The molecule has 4 rings (SSSR count). The second-order valence-corrected chi connectivity index (χ2v) is 8.81. The van der Waals surface area contributed by atoms with Gasteiger partial charge in [-0.2, -0.15) is 0 Å². The van der Waals surface area contributed by atoms with Crippen LogP contribution in [0.4, 0.5) is 11.4 Å². The van der Waals surface area contributed by atoms with Crippen molar-refractivity contribution in [2.24, 2.45) is 0 Å². The van der Waals surface area contributed by atoms with Gasteiger partial charge in [-0.1, -0.05) is 47.6 Å². The van der Waals surface area contributed by atoms with E-state index in [2.05, 4.69) is 5.32 Å². The molecule has 0 fully saturated rings. The number of esters is 1. The summed E-state index contributed by atoms with van der Waals surface area (Å²) >= 11 is 7.61. The molecule has 0 saturated carbocycles. The van der Waals surface area contributed by atoms with Gasteiger partial charge in [0.05, 0.1) is 34.1 Å². The number of carbonyl (C=O) groups is 3. The molecule has 168 valence electrons. The van der Waals surface area contributed by atoms with Crippen molar-refractivity contribution in [2.45, 2.75) is 29.7 Å². The molecule has 1 aliphatic rings. The van der Waals surface area contributed by atoms with Gasteiger partial charge in [-0.05, 0) is 56.3 Å². The van der Waals surface area contributed by atoms with Gasteiger partial charge in [0.25, 0.3) is 5.91 Å². The molecule has 0 spiro atoms. The molecule has 0 unspecified atom stereocenters. The molecule has 3 aromatic carbocycles. The van der Waals surface area contributed by atoms with Crippen LogP contribution in [0.1, 0.15) is 34.6 Å². The average molecular weight is 481 g/mol. The number of halogens is 1. The fourth-order valence-corrected chi connectivity index (χ4v) is 4.75. The summed E-state index contributed by atoms with van der Waals surface area (Å²) in [5.74, 6) is -1.24. The second kappa shape index (κ2) is 9.68. The van der Waals surface area contributed by atoms with Gasteiger partial charge in [0.1, 0.15) is 6.04 Å². The third kappa shape index (κ3) is 4.60. The topological polar surface area (TPSA) is 75.7 Å². The van der Waals surface area contributed by atoms with Crippen molar-refractivity contribution < 1.29 is 19.1 Å². The van der Waals surface area contributed by atoms with E-state index in [9.17, 15) is 14.4 Å². The molecular weight excluding hydrogens is 460 g/mol. The molecule has 1 aliphatic heterocycles. The summed E-state index contributed by atoms with van der Waals surface area (Å²) in [7, 11) is 0. The van der Waals surface area contributed by atoms with Gasteiger partial charge >= 0.3 is 5.97 Å². The predicted octanol–water partition coefficient (Wildman–Crippen LogP) is 5.66. The molecule has 0 radical (unpaired) electrons. The Bertz CT molecular complexity index is 1250. The van der Waals surface area contributed by atoms with Gasteiger partial charge in [0, 0.05) is 9.79 Å². The highest BCUT2D eigenvalue weighted by molar-refractivity contribution is 7.99. The van der Waals surface area contributed by atoms with Crippen molar-refractivity contribution in [3.05, 3.63) is 82.9 Å². The van der Waals surface area contributed by atoms with Crippen molar-refractivity contribution >= 4 is 52.5 Å². The second-order valence-electron chi connectivity index (χ2n) is 7.32. The van der Waals surface area contributed by atoms with Crippen LogP contribution in [-0.2, 0) is 9.53 Å². The first kappa shape index (κ1) is 22.9. The van der Waals surface area contributed by atoms with Crippen LogP contribution in [0, 0.1) is 0 Å². The van der Waals surface area contributed by atoms with Crippen LogP contribution in [0.15, 0.2) is 76.5 Å². The number of hydrogen-bond donors (Lipinski definition) is 1. The van der Waals surface area contributed by atoms with Gasteiger partial charge in [-0.3, -0.25) is 14.5 Å². The van der Waals surface area contributed by atoms with Crippen LogP contribution < -0.4 is 10.2 Å². The minimum atomic E-state index is -0.892. The Balaban J connectivity index is 1.78. The molecule has 0 aliphatic carbocycles. The van der Waals surface area contributed by atoms with Crippen LogP contribution in [0.2, 0.25) is 5.02 Å². The van der Waals surface area contributed by atoms with E-state index in [0.29, 0.717) is 27.5 Å². The molecule has 0 aromatic heterocycles. The van der Waals surface area contributed by atoms with Gasteiger partial charge in [-0.15, -0.1) is 0 Å². The first-order valence-electron chi connectivity index (χ1n) is 10.4. The van der Waals surface area contributed by atoms with Gasteiger partial charge in [0.2, 0.25) is 5.91 Å². The number of hydrogen-bond acceptors (Lipinski definition) is 5. The summed E-state index contributed by atoms with van der Waals surface area (Å²) in [6, 6.07) is 18.3. The Morgan fingerprint density at radius 3 is 2.55 bits per heavy atom. The largest absolute Gasteiger partial charge is 0.462 e. The molecule has 3 aromatic rings. The van der Waals surface area contributed by atoms with E-state index >= 15 is 0 Å². The molecule has 8 heteroatoms. The van der Waals surface area contributed by atoms with E-state index in [1.807, 2.05) is 12.1 Å². The highest BCUT2D eigenvalue weighted by Gasteiger charge is 2.34. The summed E-state index contributed by atoms with van der Waals surface area (Å²) < 4.78 is 5.13. The van der Waals surface area contributed by atoms with Gasteiger partial charge in [0.15, 0.2) is 0 Å². The van der Waals surface area contributed by atoms with Gasteiger partial charge < -0.3 is 10.1 Å². The molecule has 1 atom stereocenters. The number of ether oxygens (including phenoxy) is 1. The zero-order chi connectivity index (χ0) is 23.5. The Hall–Kier alpha value is -3.29. The lowest BCUT2D eigenvalue weighted by atomic mass is 10.1.